The van der Waals surface area contributed by atoms with E-state index in [9.17, 15) is 9.59 Å². The third-order valence-corrected chi connectivity index (χ3v) is 3.67. The number of carbonyl (C=O) groups is 2. The summed E-state index contributed by atoms with van der Waals surface area (Å²) < 4.78 is 12.7. The number of nitrogens with one attached hydrogen (secondary N) is 2. The SMILES string of the molecule is C=C(CCI)OC(=C)CCI.C=C(CCNC=O)OC(=C)CCNC=O. The second-order valence-electron chi connectivity index (χ2n) is 4.88. The molecule has 0 spiro atoms. The van der Waals surface area contributed by atoms with E-state index < -0.39 is 0 Å². The first-order chi connectivity index (χ1) is 12.4. The van der Waals surface area contributed by atoms with E-state index in [1.54, 1.807) is 0 Å². The van der Waals surface area contributed by atoms with Gasteiger partial charge in [-0.15, -0.1) is 0 Å². The van der Waals surface area contributed by atoms with Gasteiger partial charge in [-0.3, -0.25) is 9.59 Å². The predicted molar refractivity (Wildman–Crippen MR) is 123 cm³/mol. The fraction of sp³-hybridized carbons (Fsp3) is 0.444. The van der Waals surface area contributed by atoms with Crippen LogP contribution in [0.4, 0.5) is 0 Å². The molecule has 0 saturated carbocycles. The molecule has 0 aromatic rings. The monoisotopic (exact) mass is 590 g/mol. The number of carbonyl (C=O) groups excluding carboxylic acids is 2. The third-order valence-electron chi connectivity index (χ3n) is 2.59. The van der Waals surface area contributed by atoms with Gasteiger partial charge in [0.1, 0.15) is 0 Å². The largest absolute Gasteiger partial charge is 0.467 e. The molecule has 0 aliphatic heterocycles. The van der Waals surface area contributed by atoms with Crippen LogP contribution in [0.2, 0.25) is 0 Å². The number of halogens is 2. The molecule has 0 bridgehead atoms. The van der Waals surface area contributed by atoms with E-state index >= 15 is 0 Å². The van der Waals surface area contributed by atoms with Gasteiger partial charge in [0, 0.05) is 47.6 Å². The number of rotatable bonds is 16. The molecular weight excluding hydrogens is 562 g/mol. The Hall–Kier alpha value is -1.04. The summed E-state index contributed by atoms with van der Waals surface area (Å²) in [5, 5.41) is 4.99. The summed E-state index contributed by atoms with van der Waals surface area (Å²) in [4.78, 5) is 19.9. The lowest BCUT2D eigenvalue weighted by Crippen LogP contribution is -2.14. The van der Waals surface area contributed by atoms with Gasteiger partial charge >= 0.3 is 0 Å². The van der Waals surface area contributed by atoms with E-state index in [0.29, 0.717) is 50.3 Å². The van der Waals surface area contributed by atoms with Crippen LogP contribution in [0, 0.1) is 0 Å². The van der Waals surface area contributed by atoms with E-state index in [1.165, 1.54) is 0 Å². The summed E-state index contributed by atoms with van der Waals surface area (Å²) >= 11 is 4.60. The Morgan fingerprint density at radius 3 is 1.27 bits per heavy atom. The average Bonchev–Trinajstić information content (AvgIpc) is 2.56. The van der Waals surface area contributed by atoms with Crippen LogP contribution in [0.3, 0.4) is 0 Å². The van der Waals surface area contributed by atoms with Crippen LogP contribution < -0.4 is 10.6 Å². The van der Waals surface area contributed by atoms with Gasteiger partial charge in [-0.25, -0.2) is 0 Å². The molecule has 2 N–H and O–H groups in total. The summed E-state index contributed by atoms with van der Waals surface area (Å²) in [7, 11) is 0. The van der Waals surface area contributed by atoms with Crippen molar-refractivity contribution in [2.75, 3.05) is 21.9 Å². The third kappa shape index (κ3) is 21.0. The second-order valence-corrected chi connectivity index (χ2v) is 7.04. The molecule has 0 rings (SSSR count). The van der Waals surface area contributed by atoms with Crippen molar-refractivity contribution in [3.63, 3.8) is 0 Å². The minimum Gasteiger partial charge on any atom is -0.467 e. The molecule has 0 radical (unpaired) electrons. The quantitative estimate of drug-likeness (QED) is 0.0939. The summed E-state index contributed by atoms with van der Waals surface area (Å²) in [6, 6.07) is 0. The molecule has 0 aliphatic carbocycles. The van der Waals surface area contributed by atoms with Crippen LogP contribution in [0.15, 0.2) is 49.4 Å². The molecule has 0 aliphatic rings. The Kier molecular flexibility index (Phi) is 21.2. The zero-order chi connectivity index (χ0) is 20.2. The maximum atomic E-state index is 9.94. The maximum absolute atomic E-state index is 9.94. The molecule has 26 heavy (non-hydrogen) atoms. The van der Waals surface area contributed by atoms with Crippen LogP contribution >= 0.6 is 45.2 Å². The van der Waals surface area contributed by atoms with Crippen molar-refractivity contribution in [1.29, 1.82) is 0 Å². The fourth-order valence-corrected chi connectivity index (χ4v) is 2.57. The van der Waals surface area contributed by atoms with Gasteiger partial charge in [0.05, 0.1) is 23.0 Å². The van der Waals surface area contributed by atoms with Gasteiger partial charge in [0.2, 0.25) is 12.8 Å². The number of alkyl halides is 2. The molecule has 2 amide bonds. The van der Waals surface area contributed by atoms with Gasteiger partial charge in [0.15, 0.2) is 0 Å². The van der Waals surface area contributed by atoms with Gasteiger partial charge in [0.25, 0.3) is 0 Å². The van der Waals surface area contributed by atoms with Gasteiger partial charge in [-0.1, -0.05) is 71.5 Å². The highest BCUT2D eigenvalue weighted by molar-refractivity contribution is 14.1. The van der Waals surface area contributed by atoms with Crippen molar-refractivity contribution < 1.29 is 19.1 Å². The van der Waals surface area contributed by atoms with E-state index in [1.807, 2.05) is 0 Å². The van der Waals surface area contributed by atoms with Crippen molar-refractivity contribution in [2.24, 2.45) is 0 Å². The smallest absolute Gasteiger partial charge is 0.207 e. The number of amides is 2. The summed E-state index contributed by atoms with van der Waals surface area (Å²) in [5.41, 5.74) is 0. The normalized spacial score (nSPS) is 9.00. The summed E-state index contributed by atoms with van der Waals surface area (Å²) in [6.07, 6.45) is 4.16. The standard InChI is InChI=1S/C10H16N2O3.C8H12I2O/c1-9(3-5-11-7-13)15-10(2)4-6-12-8-14;1-7(3-5-9)11-8(2)4-6-10/h7-8H,1-6H2,(H,11,13)(H,12,14);1-6H2. The van der Waals surface area contributed by atoms with E-state index in [4.69, 9.17) is 9.47 Å². The van der Waals surface area contributed by atoms with Crippen molar-refractivity contribution in [3.8, 4) is 0 Å². The zero-order valence-electron chi connectivity index (χ0n) is 15.0. The van der Waals surface area contributed by atoms with Gasteiger partial charge in [-0.2, -0.15) is 0 Å². The number of hydrogen-bond acceptors (Lipinski definition) is 4. The van der Waals surface area contributed by atoms with Crippen LogP contribution in [-0.2, 0) is 19.1 Å². The number of ether oxygens (including phenoxy) is 2. The molecule has 0 heterocycles. The molecule has 148 valence electrons. The Bertz CT molecular complexity index is 428. The second kappa shape index (κ2) is 20.3. The molecule has 0 unspecified atom stereocenters. The summed E-state index contributed by atoms with van der Waals surface area (Å²) in [6.45, 7) is 15.9. The van der Waals surface area contributed by atoms with Crippen molar-refractivity contribution in [3.05, 3.63) is 49.4 Å². The van der Waals surface area contributed by atoms with Crippen LogP contribution in [0.5, 0.6) is 0 Å². The first-order valence-corrected chi connectivity index (χ1v) is 11.0. The first-order valence-electron chi connectivity index (χ1n) is 7.94. The summed E-state index contributed by atoms with van der Waals surface area (Å²) in [5.74, 6) is 2.74. The molecular formula is C18H28I2N2O4. The molecule has 0 aromatic heterocycles. The highest BCUT2D eigenvalue weighted by Gasteiger charge is 1.99. The topological polar surface area (TPSA) is 76.7 Å². The van der Waals surface area contributed by atoms with E-state index in [2.05, 4.69) is 82.1 Å². The Morgan fingerprint density at radius 2 is 1.00 bits per heavy atom. The van der Waals surface area contributed by atoms with Crippen LogP contribution in [0.1, 0.15) is 25.7 Å². The molecule has 8 heteroatoms. The molecule has 0 aromatic carbocycles. The van der Waals surface area contributed by atoms with E-state index in [-0.39, 0.29) is 0 Å². The van der Waals surface area contributed by atoms with Crippen molar-refractivity contribution in [1.82, 2.24) is 10.6 Å². The molecule has 0 atom stereocenters. The van der Waals surface area contributed by atoms with Gasteiger partial charge < -0.3 is 20.1 Å². The Morgan fingerprint density at radius 1 is 0.692 bits per heavy atom. The van der Waals surface area contributed by atoms with Crippen LogP contribution in [0.25, 0.3) is 0 Å². The molecule has 0 fully saturated rings. The lowest BCUT2D eigenvalue weighted by Gasteiger charge is -2.10. The lowest BCUT2D eigenvalue weighted by atomic mass is 10.3. The van der Waals surface area contributed by atoms with Crippen molar-refractivity contribution in [2.45, 2.75) is 25.7 Å². The van der Waals surface area contributed by atoms with Gasteiger partial charge in [-0.05, 0) is 0 Å². The molecule has 6 nitrogen and oxygen atoms in total. The Labute approximate surface area is 183 Å². The minimum absolute atomic E-state index is 0.488. The average molecular weight is 590 g/mol. The van der Waals surface area contributed by atoms with E-state index in [0.717, 1.165) is 33.2 Å². The lowest BCUT2D eigenvalue weighted by molar-refractivity contribution is -0.110. The fourth-order valence-electron chi connectivity index (χ4n) is 1.36. The molecule has 0 saturated heterocycles. The first kappa shape index (κ1) is 27.2. The highest BCUT2D eigenvalue weighted by Crippen LogP contribution is 2.12. The Balaban J connectivity index is 0. The number of hydrogen-bond donors (Lipinski definition) is 2. The number of allylic oxidation sites excluding steroid dienone is 2. The van der Waals surface area contributed by atoms with Crippen LogP contribution in [-0.4, -0.2) is 34.8 Å². The maximum Gasteiger partial charge on any atom is 0.207 e. The zero-order valence-corrected chi connectivity index (χ0v) is 19.3. The minimum atomic E-state index is 0.488. The highest BCUT2D eigenvalue weighted by atomic mass is 127. The predicted octanol–water partition coefficient (Wildman–Crippen LogP) is 3.98. The van der Waals surface area contributed by atoms with Crippen molar-refractivity contribution >= 4 is 58.0 Å².